The molecular weight excluding hydrogens is 244 g/mol. The van der Waals surface area contributed by atoms with Crippen LogP contribution in [-0.4, -0.2) is 25.7 Å². The second kappa shape index (κ2) is 3.89. The number of furan rings is 1. The van der Waals surface area contributed by atoms with Crippen molar-refractivity contribution in [1.82, 2.24) is 0 Å². The number of carbonyl (C=O) groups is 1. The van der Waals surface area contributed by atoms with Crippen molar-refractivity contribution in [1.29, 1.82) is 0 Å². The second-order valence-corrected chi connectivity index (χ2v) is 5.96. The molecule has 0 bridgehead atoms. The highest BCUT2D eigenvalue weighted by Gasteiger charge is 2.17. The highest BCUT2D eigenvalue weighted by Crippen LogP contribution is 2.26. The first-order chi connectivity index (χ1) is 7.88. The maximum atomic E-state index is 11.2. The number of aromatic carboxylic acids is 1. The van der Waals surface area contributed by atoms with Crippen molar-refractivity contribution in [2.24, 2.45) is 0 Å². The first kappa shape index (κ1) is 11.7. The van der Waals surface area contributed by atoms with E-state index >= 15 is 0 Å². The molecular formula is C11H10O5S. The third kappa shape index (κ3) is 2.31. The Morgan fingerprint density at radius 2 is 2.12 bits per heavy atom. The molecule has 0 aliphatic heterocycles. The summed E-state index contributed by atoms with van der Waals surface area (Å²) >= 11 is 0. The average molecular weight is 254 g/mol. The molecule has 90 valence electrons. The van der Waals surface area contributed by atoms with Crippen molar-refractivity contribution < 1.29 is 22.7 Å². The van der Waals surface area contributed by atoms with Gasteiger partial charge in [0.25, 0.3) is 0 Å². The van der Waals surface area contributed by atoms with Crippen LogP contribution in [0.15, 0.2) is 28.9 Å². The van der Waals surface area contributed by atoms with Crippen LogP contribution in [0.2, 0.25) is 0 Å². The molecule has 6 heteroatoms. The van der Waals surface area contributed by atoms with Gasteiger partial charge in [-0.3, -0.25) is 0 Å². The SMILES string of the molecule is CS(=O)(=O)Cc1coc2cccc(C(=O)O)c12. The van der Waals surface area contributed by atoms with Gasteiger partial charge in [-0.25, -0.2) is 13.2 Å². The monoisotopic (exact) mass is 254 g/mol. The number of benzene rings is 1. The third-order valence-electron chi connectivity index (χ3n) is 2.32. The van der Waals surface area contributed by atoms with E-state index in [1.807, 2.05) is 0 Å². The number of fused-ring (bicyclic) bond motifs is 1. The Labute approximate surface area is 97.6 Å². The van der Waals surface area contributed by atoms with Gasteiger partial charge in [0.15, 0.2) is 9.84 Å². The van der Waals surface area contributed by atoms with Gasteiger partial charge < -0.3 is 9.52 Å². The minimum atomic E-state index is -3.23. The van der Waals surface area contributed by atoms with E-state index in [9.17, 15) is 13.2 Å². The summed E-state index contributed by atoms with van der Waals surface area (Å²) < 4.78 is 27.6. The number of sulfone groups is 1. The first-order valence-corrected chi connectivity index (χ1v) is 6.84. The number of carboxylic acid groups (broad SMARTS) is 1. The lowest BCUT2D eigenvalue weighted by molar-refractivity contribution is 0.0699. The van der Waals surface area contributed by atoms with Gasteiger partial charge in [-0.2, -0.15) is 0 Å². The summed E-state index contributed by atoms with van der Waals surface area (Å²) in [5.41, 5.74) is 0.805. The molecule has 0 saturated carbocycles. The molecule has 1 heterocycles. The molecule has 1 N–H and O–H groups in total. The Morgan fingerprint density at radius 3 is 2.71 bits per heavy atom. The van der Waals surface area contributed by atoms with E-state index in [1.165, 1.54) is 12.3 Å². The molecule has 1 aromatic carbocycles. The van der Waals surface area contributed by atoms with Gasteiger partial charge in [-0.15, -0.1) is 0 Å². The third-order valence-corrected chi connectivity index (χ3v) is 3.16. The predicted octanol–water partition coefficient (Wildman–Crippen LogP) is 1.68. The molecule has 0 fully saturated rings. The van der Waals surface area contributed by atoms with Crippen LogP contribution in [0.5, 0.6) is 0 Å². The zero-order valence-corrected chi connectivity index (χ0v) is 9.82. The van der Waals surface area contributed by atoms with Crippen molar-refractivity contribution in [3.63, 3.8) is 0 Å². The van der Waals surface area contributed by atoms with Crippen LogP contribution >= 0.6 is 0 Å². The number of hydrogen-bond acceptors (Lipinski definition) is 4. The Balaban J connectivity index is 2.70. The smallest absolute Gasteiger partial charge is 0.336 e. The van der Waals surface area contributed by atoms with Crippen molar-refractivity contribution in [3.05, 3.63) is 35.6 Å². The van der Waals surface area contributed by atoms with Gasteiger partial charge in [-0.05, 0) is 12.1 Å². The van der Waals surface area contributed by atoms with Gasteiger partial charge in [0.05, 0.1) is 17.6 Å². The summed E-state index contributed by atoms with van der Waals surface area (Å²) in [7, 11) is -3.23. The number of rotatable bonds is 3. The minimum absolute atomic E-state index is 0.0508. The molecule has 0 aliphatic carbocycles. The topological polar surface area (TPSA) is 84.6 Å². The molecule has 0 saturated heterocycles. The largest absolute Gasteiger partial charge is 0.478 e. The van der Waals surface area contributed by atoms with Crippen LogP contribution in [0.4, 0.5) is 0 Å². The average Bonchev–Trinajstić information content (AvgIpc) is 2.59. The van der Waals surface area contributed by atoms with E-state index in [4.69, 9.17) is 9.52 Å². The summed E-state index contributed by atoms with van der Waals surface area (Å²) in [6.45, 7) is 0. The molecule has 17 heavy (non-hydrogen) atoms. The van der Waals surface area contributed by atoms with Gasteiger partial charge in [-0.1, -0.05) is 6.07 Å². The zero-order valence-electron chi connectivity index (χ0n) is 9.00. The summed E-state index contributed by atoms with van der Waals surface area (Å²) in [5, 5.41) is 9.39. The number of hydrogen-bond donors (Lipinski definition) is 1. The predicted molar refractivity (Wildman–Crippen MR) is 61.7 cm³/mol. The van der Waals surface area contributed by atoms with Gasteiger partial charge in [0, 0.05) is 17.2 Å². The maximum Gasteiger partial charge on any atom is 0.336 e. The molecule has 1 aromatic heterocycles. The van der Waals surface area contributed by atoms with Crippen molar-refractivity contribution >= 4 is 26.8 Å². The van der Waals surface area contributed by atoms with Crippen molar-refractivity contribution in [2.45, 2.75) is 5.75 Å². The van der Waals surface area contributed by atoms with Crippen molar-refractivity contribution in [2.75, 3.05) is 6.26 Å². The Bertz CT molecular complexity index is 681. The highest BCUT2D eigenvalue weighted by atomic mass is 32.2. The standard InChI is InChI=1S/C11H10O5S/c1-17(14,15)6-7-5-16-9-4-2-3-8(10(7)9)11(12)13/h2-5H,6H2,1H3,(H,12,13). The zero-order chi connectivity index (χ0) is 12.6. The van der Waals surface area contributed by atoms with Crippen LogP contribution in [0.3, 0.4) is 0 Å². The fourth-order valence-corrected chi connectivity index (χ4v) is 2.50. The van der Waals surface area contributed by atoms with E-state index < -0.39 is 15.8 Å². The Hall–Kier alpha value is -1.82. The molecule has 0 aliphatic rings. The van der Waals surface area contributed by atoms with Crippen LogP contribution in [0.1, 0.15) is 15.9 Å². The quantitative estimate of drug-likeness (QED) is 0.900. The van der Waals surface area contributed by atoms with Crippen molar-refractivity contribution in [3.8, 4) is 0 Å². The molecule has 0 atom stereocenters. The Kier molecular flexibility index (Phi) is 2.66. The minimum Gasteiger partial charge on any atom is -0.478 e. The molecule has 0 radical (unpaired) electrons. The van der Waals surface area contributed by atoms with Crippen LogP contribution in [0, 0.1) is 0 Å². The summed E-state index contributed by atoms with van der Waals surface area (Å²) in [6.07, 6.45) is 2.38. The fraction of sp³-hybridized carbons (Fsp3) is 0.182. The number of carboxylic acids is 1. The van der Waals surface area contributed by atoms with E-state index in [0.29, 0.717) is 16.5 Å². The second-order valence-electron chi connectivity index (χ2n) is 3.81. The van der Waals surface area contributed by atoms with Crippen LogP contribution in [0.25, 0.3) is 11.0 Å². The van der Waals surface area contributed by atoms with E-state index in [0.717, 1.165) is 6.26 Å². The molecule has 5 nitrogen and oxygen atoms in total. The lowest BCUT2D eigenvalue weighted by Crippen LogP contribution is -2.02. The van der Waals surface area contributed by atoms with Crippen LogP contribution in [-0.2, 0) is 15.6 Å². The molecule has 2 rings (SSSR count). The summed E-state index contributed by atoms with van der Waals surface area (Å²) in [6, 6.07) is 4.58. The molecule has 2 aromatic rings. The first-order valence-electron chi connectivity index (χ1n) is 4.78. The summed E-state index contributed by atoms with van der Waals surface area (Å²) in [5.74, 6) is -1.34. The molecule has 0 amide bonds. The normalized spacial score (nSPS) is 11.8. The summed E-state index contributed by atoms with van der Waals surface area (Å²) in [4.78, 5) is 11.0. The maximum absolute atomic E-state index is 11.2. The van der Waals surface area contributed by atoms with Gasteiger partial charge in [0.1, 0.15) is 5.58 Å². The molecule has 0 unspecified atom stereocenters. The Morgan fingerprint density at radius 1 is 1.41 bits per heavy atom. The van der Waals surface area contributed by atoms with E-state index in [-0.39, 0.29) is 11.3 Å². The molecule has 0 spiro atoms. The van der Waals surface area contributed by atoms with Crippen LogP contribution < -0.4 is 0 Å². The van der Waals surface area contributed by atoms with Gasteiger partial charge in [0.2, 0.25) is 0 Å². The van der Waals surface area contributed by atoms with Gasteiger partial charge >= 0.3 is 5.97 Å². The fourth-order valence-electron chi connectivity index (χ4n) is 1.72. The van der Waals surface area contributed by atoms with E-state index in [1.54, 1.807) is 12.1 Å². The lowest BCUT2D eigenvalue weighted by Gasteiger charge is -1.99. The highest BCUT2D eigenvalue weighted by molar-refractivity contribution is 7.89. The lowest BCUT2D eigenvalue weighted by atomic mass is 10.1. The van der Waals surface area contributed by atoms with E-state index in [2.05, 4.69) is 0 Å².